The maximum absolute atomic E-state index is 10.9. The summed E-state index contributed by atoms with van der Waals surface area (Å²) in [5.41, 5.74) is 4.74. The number of esters is 1. The molecule has 0 saturated carbocycles. The van der Waals surface area contributed by atoms with E-state index in [9.17, 15) is 4.79 Å². The van der Waals surface area contributed by atoms with Crippen molar-refractivity contribution in [3.8, 4) is 0 Å². The van der Waals surface area contributed by atoms with E-state index in [4.69, 9.17) is 4.74 Å². The number of rotatable bonds is 3. The van der Waals surface area contributed by atoms with E-state index < -0.39 is 0 Å². The van der Waals surface area contributed by atoms with Crippen LogP contribution in [0.1, 0.15) is 22.3 Å². The van der Waals surface area contributed by atoms with E-state index in [1.54, 1.807) is 0 Å². The van der Waals surface area contributed by atoms with Crippen LogP contribution in [0.5, 0.6) is 0 Å². The molecule has 0 aliphatic rings. The Balaban J connectivity index is 2.83. The first-order valence-electron chi connectivity index (χ1n) is 4.91. The monoisotopic (exact) mass is 204 g/mol. The summed E-state index contributed by atoms with van der Waals surface area (Å²) in [7, 11) is 0. The van der Waals surface area contributed by atoms with E-state index >= 15 is 0 Å². The SMILES string of the molecule is C=CC(=O)OCc1ccc(C)c(C)c1C. The van der Waals surface area contributed by atoms with Crippen molar-refractivity contribution in [2.24, 2.45) is 0 Å². The average molecular weight is 204 g/mol. The van der Waals surface area contributed by atoms with E-state index in [2.05, 4.69) is 20.4 Å². The van der Waals surface area contributed by atoms with Crippen LogP contribution in [0.15, 0.2) is 24.8 Å². The fourth-order valence-electron chi connectivity index (χ4n) is 1.38. The molecule has 0 bridgehead atoms. The molecule has 0 aromatic heterocycles. The van der Waals surface area contributed by atoms with Crippen LogP contribution in [-0.2, 0) is 16.1 Å². The Kier molecular flexibility index (Phi) is 3.67. The molecule has 0 heterocycles. The Morgan fingerprint density at radius 3 is 2.60 bits per heavy atom. The number of hydrogen-bond donors (Lipinski definition) is 0. The van der Waals surface area contributed by atoms with Crippen molar-refractivity contribution < 1.29 is 9.53 Å². The number of hydrogen-bond acceptors (Lipinski definition) is 2. The molecule has 2 nitrogen and oxygen atoms in total. The Morgan fingerprint density at radius 1 is 1.33 bits per heavy atom. The summed E-state index contributed by atoms with van der Waals surface area (Å²) < 4.78 is 5.00. The summed E-state index contributed by atoms with van der Waals surface area (Å²) in [6, 6.07) is 4.04. The lowest BCUT2D eigenvalue weighted by atomic mass is 9.99. The Labute approximate surface area is 90.6 Å². The molecular weight excluding hydrogens is 188 g/mol. The fraction of sp³-hybridized carbons (Fsp3) is 0.308. The molecule has 0 N–H and O–H groups in total. The number of benzene rings is 1. The molecule has 1 aromatic carbocycles. The topological polar surface area (TPSA) is 26.3 Å². The van der Waals surface area contributed by atoms with Crippen molar-refractivity contribution in [3.63, 3.8) is 0 Å². The highest BCUT2D eigenvalue weighted by atomic mass is 16.5. The molecule has 0 saturated heterocycles. The number of ether oxygens (including phenoxy) is 1. The van der Waals surface area contributed by atoms with Gasteiger partial charge in [-0.25, -0.2) is 4.79 Å². The summed E-state index contributed by atoms with van der Waals surface area (Å²) >= 11 is 0. The van der Waals surface area contributed by atoms with E-state index in [0.29, 0.717) is 6.61 Å². The van der Waals surface area contributed by atoms with Gasteiger partial charge in [0.15, 0.2) is 0 Å². The first kappa shape index (κ1) is 11.5. The third kappa shape index (κ3) is 2.69. The molecule has 0 atom stereocenters. The molecule has 1 aromatic rings. The molecule has 0 radical (unpaired) electrons. The number of carbonyl (C=O) groups is 1. The van der Waals surface area contributed by atoms with Crippen LogP contribution in [0.25, 0.3) is 0 Å². The molecule has 0 spiro atoms. The summed E-state index contributed by atoms with van der Waals surface area (Å²) in [6.45, 7) is 9.85. The molecule has 0 fully saturated rings. The van der Waals surface area contributed by atoms with E-state index in [0.717, 1.165) is 5.56 Å². The average Bonchev–Trinajstić information content (AvgIpc) is 2.24. The van der Waals surface area contributed by atoms with Crippen molar-refractivity contribution in [1.29, 1.82) is 0 Å². The first-order chi connectivity index (χ1) is 7.06. The predicted molar refractivity (Wildman–Crippen MR) is 60.6 cm³/mol. The standard InChI is InChI=1S/C13H16O2/c1-5-13(14)15-8-12-7-6-9(2)10(3)11(12)4/h5-7H,1,8H2,2-4H3. The van der Waals surface area contributed by atoms with Gasteiger partial charge < -0.3 is 4.74 Å². The second-order valence-electron chi connectivity index (χ2n) is 3.60. The van der Waals surface area contributed by atoms with Crippen molar-refractivity contribution in [1.82, 2.24) is 0 Å². The van der Waals surface area contributed by atoms with Gasteiger partial charge in [-0.2, -0.15) is 0 Å². The highest BCUT2D eigenvalue weighted by molar-refractivity contribution is 5.81. The van der Waals surface area contributed by atoms with Gasteiger partial charge >= 0.3 is 5.97 Å². The quantitative estimate of drug-likeness (QED) is 0.559. The molecule has 1 rings (SSSR count). The summed E-state index contributed by atoms with van der Waals surface area (Å²) in [4.78, 5) is 10.9. The third-order valence-electron chi connectivity index (χ3n) is 2.71. The van der Waals surface area contributed by atoms with E-state index in [-0.39, 0.29) is 5.97 Å². The zero-order valence-corrected chi connectivity index (χ0v) is 9.46. The molecule has 0 aliphatic heterocycles. The minimum atomic E-state index is -0.382. The van der Waals surface area contributed by atoms with Crippen LogP contribution >= 0.6 is 0 Å². The first-order valence-corrected chi connectivity index (χ1v) is 4.91. The largest absolute Gasteiger partial charge is 0.458 e. The summed E-state index contributed by atoms with van der Waals surface area (Å²) in [5.74, 6) is -0.382. The molecule has 0 aliphatic carbocycles. The van der Waals surface area contributed by atoms with Crippen LogP contribution in [0.3, 0.4) is 0 Å². The van der Waals surface area contributed by atoms with E-state index in [1.165, 1.54) is 22.8 Å². The minimum absolute atomic E-state index is 0.317. The second-order valence-corrected chi connectivity index (χ2v) is 3.60. The van der Waals surface area contributed by atoms with Crippen LogP contribution in [0, 0.1) is 20.8 Å². The molecule has 0 amide bonds. The molecule has 2 heteroatoms. The smallest absolute Gasteiger partial charge is 0.330 e. The highest BCUT2D eigenvalue weighted by Gasteiger charge is 2.05. The van der Waals surface area contributed by atoms with Crippen LogP contribution in [-0.4, -0.2) is 5.97 Å². The summed E-state index contributed by atoms with van der Waals surface area (Å²) in [6.07, 6.45) is 1.18. The zero-order chi connectivity index (χ0) is 11.4. The van der Waals surface area contributed by atoms with Gasteiger partial charge in [0, 0.05) is 6.08 Å². The Bertz CT molecular complexity index is 392. The van der Waals surface area contributed by atoms with Crippen molar-refractivity contribution in [2.45, 2.75) is 27.4 Å². The van der Waals surface area contributed by atoms with Gasteiger partial charge in [0.05, 0.1) is 0 Å². The number of carbonyl (C=O) groups excluding carboxylic acids is 1. The van der Waals surface area contributed by atoms with Crippen LogP contribution in [0.2, 0.25) is 0 Å². The summed E-state index contributed by atoms with van der Waals surface area (Å²) in [5, 5.41) is 0. The normalized spacial score (nSPS) is 9.80. The molecule has 15 heavy (non-hydrogen) atoms. The second kappa shape index (κ2) is 4.78. The van der Waals surface area contributed by atoms with Gasteiger partial charge in [0.2, 0.25) is 0 Å². The fourth-order valence-corrected chi connectivity index (χ4v) is 1.38. The maximum atomic E-state index is 10.9. The minimum Gasteiger partial charge on any atom is -0.458 e. The van der Waals surface area contributed by atoms with Gasteiger partial charge in [0.1, 0.15) is 6.61 Å². The molecule has 80 valence electrons. The third-order valence-corrected chi connectivity index (χ3v) is 2.71. The lowest BCUT2D eigenvalue weighted by molar-refractivity contribution is -0.138. The van der Waals surface area contributed by atoms with Crippen LogP contribution in [0.4, 0.5) is 0 Å². The molecule has 0 unspecified atom stereocenters. The van der Waals surface area contributed by atoms with Crippen LogP contribution < -0.4 is 0 Å². The Morgan fingerprint density at radius 2 is 2.00 bits per heavy atom. The van der Waals surface area contributed by atoms with Gasteiger partial charge in [-0.3, -0.25) is 0 Å². The van der Waals surface area contributed by atoms with Gasteiger partial charge in [-0.15, -0.1) is 0 Å². The van der Waals surface area contributed by atoms with Gasteiger partial charge in [-0.05, 0) is 43.0 Å². The van der Waals surface area contributed by atoms with Crippen molar-refractivity contribution >= 4 is 5.97 Å². The predicted octanol–water partition coefficient (Wildman–Crippen LogP) is 2.84. The zero-order valence-electron chi connectivity index (χ0n) is 9.46. The van der Waals surface area contributed by atoms with Gasteiger partial charge in [0.25, 0.3) is 0 Å². The number of aryl methyl sites for hydroxylation is 1. The lowest BCUT2D eigenvalue weighted by Crippen LogP contribution is -2.03. The highest BCUT2D eigenvalue weighted by Crippen LogP contribution is 2.17. The maximum Gasteiger partial charge on any atom is 0.330 e. The van der Waals surface area contributed by atoms with Crippen molar-refractivity contribution in [3.05, 3.63) is 47.0 Å². The Hall–Kier alpha value is -1.57. The van der Waals surface area contributed by atoms with E-state index in [1.807, 2.05) is 19.1 Å². The van der Waals surface area contributed by atoms with Gasteiger partial charge in [-0.1, -0.05) is 18.7 Å². The molecular formula is C13H16O2. The van der Waals surface area contributed by atoms with Crippen molar-refractivity contribution in [2.75, 3.05) is 0 Å². The lowest BCUT2D eigenvalue weighted by Gasteiger charge is -2.10.